The summed E-state index contributed by atoms with van der Waals surface area (Å²) in [4.78, 5) is 0. The fraction of sp³-hybridized carbons (Fsp3) is 0.100. The maximum Gasteiger partial charge on any atom is 0.434 e. The quantitative estimate of drug-likeness (QED) is 0.361. The molecule has 160 valence electrons. The smallest absolute Gasteiger partial charge is 0.391 e. The lowest BCUT2D eigenvalue weighted by molar-refractivity contribution is -0.142. The Bertz CT molecular complexity index is 1330. The lowest BCUT2D eigenvalue weighted by Crippen LogP contribution is -2.14. The average Bonchev–Trinajstić information content (AvgIpc) is 3.32. The van der Waals surface area contributed by atoms with Crippen molar-refractivity contribution in [2.75, 3.05) is 0 Å². The number of aromatic nitrogens is 3. The zero-order valence-electron chi connectivity index (χ0n) is 17.1. The Labute approximate surface area is 185 Å². The van der Waals surface area contributed by atoms with Gasteiger partial charge in [0, 0.05) is 5.02 Å². The Morgan fingerprint density at radius 1 is 1.16 bits per heavy atom. The number of benzene rings is 2. The molecule has 0 unspecified atom stereocenters. The molecule has 0 atom stereocenters. The Kier molecular flexibility index (Phi) is 4.86. The van der Waals surface area contributed by atoms with Gasteiger partial charge in [-0.25, -0.2) is 9.07 Å². The molecule has 0 amide bonds. The number of rotatable bonds is 4. The molecule has 4 aromatic rings. The molecular weight excluding hydrogens is 461 g/mol. The van der Waals surface area contributed by atoms with Gasteiger partial charge in [-0.15, -0.1) is 0 Å². The maximum absolute atomic E-state index is 14.5. The van der Waals surface area contributed by atoms with Crippen LogP contribution in [0.2, 0.25) is 10.0 Å². The highest BCUT2D eigenvalue weighted by Gasteiger charge is 2.41. The minimum absolute atomic E-state index is 0.0356. The normalized spacial score (nSPS) is 13.3. The fourth-order valence-corrected chi connectivity index (χ4v) is 3.50. The van der Waals surface area contributed by atoms with Gasteiger partial charge in [-0.2, -0.15) is 18.3 Å². The third-order valence-electron chi connectivity index (χ3n) is 4.34. The van der Waals surface area contributed by atoms with Gasteiger partial charge in [0.2, 0.25) is 0 Å². The number of halogens is 6. The first-order chi connectivity index (χ1) is 15.4. The van der Waals surface area contributed by atoms with Crippen LogP contribution in [0.3, 0.4) is 0 Å². The summed E-state index contributed by atoms with van der Waals surface area (Å²) in [5.41, 5.74) is -4.00. The van der Waals surface area contributed by atoms with Crippen LogP contribution in [-0.4, -0.2) is 20.0 Å². The summed E-state index contributed by atoms with van der Waals surface area (Å²) in [7, 11) is 0. The van der Waals surface area contributed by atoms with Crippen molar-refractivity contribution in [2.45, 2.75) is 12.7 Å². The first-order valence-electron chi connectivity index (χ1n) is 9.48. The van der Waals surface area contributed by atoms with Crippen LogP contribution in [0.15, 0.2) is 53.2 Å². The molecule has 0 bridgehead atoms. The monoisotopic (exact) mass is 473 g/mol. The molecule has 4 rings (SSSR count). The van der Waals surface area contributed by atoms with Crippen LogP contribution >= 0.6 is 23.2 Å². The summed E-state index contributed by atoms with van der Waals surface area (Å²) >= 11 is 11.9. The highest BCUT2D eigenvalue weighted by Crippen LogP contribution is 2.42. The minimum atomic E-state index is -5.00. The predicted molar refractivity (Wildman–Crippen MR) is 105 cm³/mol. The van der Waals surface area contributed by atoms with Crippen LogP contribution in [0.5, 0.6) is 0 Å². The van der Waals surface area contributed by atoms with Crippen molar-refractivity contribution in [3.8, 4) is 28.3 Å². The highest BCUT2D eigenvalue weighted by atomic mass is 35.5. The van der Waals surface area contributed by atoms with Crippen molar-refractivity contribution in [1.82, 2.24) is 14.9 Å². The second-order valence-electron chi connectivity index (χ2n) is 6.24. The molecule has 0 saturated heterocycles. The molecule has 0 radical (unpaired) electrons. The molecule has 2 heterocycles. The maximum atomic E-state index is 14.5. The molecule has 0 saturated carbocycles. The Morgan fingerprint density at radius 3 is 2.55 bits per heavy atom. The topological polar surface area (TPSA) is 64.1 Å². The van der Waals surface area contributed by atoms with Crippen LogP contribution < -0.4 is 0 Å². The van der Waals surface area contributed by atoms with E-state index < -0.39 is 52.4 Å². The number of nitrogens with zero attached hydrogens (tertiary/aromatic N) is 3. The van der Waals surface area contributed by atoms with Crippen LogP contribution in [0.4, 0.5) is 17.6 Å². The van der Waals surface area contributed by atoms with E-state index in [1.807, 2.05) is 0 Å². The van der Waals surface area contributed by atoms with E-state index in [-0.39, 0.29) is 15.7 Å². The molecule has 2 aromatic carbocycles. The number of alkyl halides is 3. The molecule has 1 N–H and O–H groups in total. The molecule has 2 aromatic heterocycles. The summed E-state index contributed by atoms with van der Waals surface area (Å²) < 4.78 is 77.9. The van der Waals surface area contributed by atoms with Gasteiger partial charge in [-0.1, -0.05) is 40.5 Å². The second kappa shape index (κ2) is 7.99. The van der Waals surface area contributed by atoms with E-state index in [1.165, 1.54) is 36.4 Å². The summed E-state index contributed by atoms with van der Waals surface area (Å²) in [5.74, 6) is -1.74. The van der Waals surface area contributed by atoms with Crippen LogP contribution in [0, 0.1) is 5.82 Å². The van der Waals surface area contributed by atoms with Gasteiger partial charge >= 0.3 is 6.18 Å². The number of hydrogen-bond donors (Lipinski definition) is 1. The summed E-state index contributed by atoms with van der Waals surface area (Å²) in [6.07, 6.45) is -4.23. The first-order valence-corrected chi connectivity index (χ1v) is 9.23. The van der Waals surface area contributed by atoms with E-state index in [0.717, 1.165) is 12.3 Å². The average molecular weight is 474 g/mol. The van der Waals surface area contributed by atoms with E-state index in [0.29, 0.717) is 4.68 Å². The van der Waals surface area contributed by atoms with E-state index in [1.54, 1.807) is 0 Å². The standard InChI is InChI=1S/C20H11Cl2F4N3O2/c21-10-3-1-4-11(7-10)29-19(20(24,25)26)12(8-27-29)18-13(9-30)17(28-31-18)16-14(22)5-2-6-15(16)23/h1-8,30H,9H2/i9D2. The van der Waals surface area contributed by atoms with E-state index in [9.17, 15) is 22.7 Å². The second-order valence-corrected chi connectivity index (χ2v) is 7.08. The summed E-state index contributed by atoms with van der Waals surface area (Å²) in [5, 5.41) is 17.4. The van der Waals surface area contributed by atoms with Crippen molar-refractivity contribution >= 4 is 23.2 Å². The Hall–Kier alpha value is -2.88. The van der Waals surface area contributed by atoms with Crippen LogP contribution in [-0.2, 0) is 12.7 Å². The zero-order valence-corrected chi connectivity index (χ0v) is 16.6. The molecule has 31 heavy (non-hydrogen) atoms. The SMILES string of the molecule is [2H]C([2H])(O)c1c(-c2c(F)cccc2Cl)noc1-c1cnn(-c2cccc(Cl)c2)c1C(F)(F)F. The minimum Gasteiger partial charge on any atom is -0.391 e. The van der Waals surface area contributed by atoms with Crippen molar-refractivity contribution in [2.24, 2.45) is 0 Å². The molecule has 0 fully saturated rings. The molecule has 5 nitrogen and oxygen atoms in total. The fourth-order valence-electron chi connectivity index (χ4n) is 3.06. The lowest BCUT2D eigenvalue weighted by atomic mass is 10.0. The van der Waals surface area contributed by atoms with Crippen molar-refractivity contribution in [3.63, 3.8) is 0 Å². The molecule has 0 aliphatic rings. The molecule has 0 aliphatic carbocycles. The summed E-state index contributed by atoms with van der Waals surface area (Å²) in [6, 6.07) is 8.98. The van der Waals surface area contributed by atoms with Gasteiger partial charge in [-0.05, 0) is 30.3 Å². The van der Waals surface area contributed by atoms with Gasteiger partial charge in [0.05, 0.1) is 42.9 Å². The molecule has 0 aliphatic heterocycles. The molecule has 11 heteroatoms. The van der Waals surface area contributed by atoms with Gasteiger partial charge < -0.3 is 9.63 Å². The predicted octanol–water partition coefficient (Wildman–Crippen LogP) is 6.15. The van der Waals surface area contributed by atoms with Crippen molar-refractivity contribution in [3.05, 3.63) is 75.8 Å². The van der Waals surface area contributed by atoms with E-state index in [4.69, 9.17) is 30.5 Å². The van der Waals surface area contributed by atoms with Crippen LogP contribution in [0.25, 0.3) is 28.3 Å². The van der Waals surface area contributed by atoms with Crippen LogP contribution in [0.1, 0.15) is 14.0 Å². The summed E-state index contributed by atoms with van der Waals surface area (Å²) in [6.45, 7) is -3.28. The Morgan fingerprint density at radius 2 is 1.90 bits per heavy atom. The largest absolute Gasteiger partial charge is 0.434 e. The Balaban J connectivity index is 2.02. The van der Waals surface area contributed by atoms with E-state index in [2.05, 4.69) is 10.3 Å². The third-order valence-corrected chi connectivity index (χ3v) is 4.89. The lowest BCUT2D eigenvalue weighted by Gasteiger charge is -2.12. The van der Waals surface area contributed by atoms with Crippen molar-refractivity contribution in [1.29, 1.82) is 0 Å². The third kappa shape index (κ3) is 3.80. The van der Waals surface area contributed by atoms with Gasteiger partial charge in [0.15, 0.2) is 11.5 Å². The number of aliphatic hydroxyl groups is 1. The molecular formula is C20H11Cl2F4N3O2. The van der Waals surface area contributed by atoms with E-state index >= 15 is 0 Å². The highest BCUT2D eigenvalue weighted by molar-refractivity contribution is 6.33. The zero-order chi connectivity index (χ0) is 24.1. The number of hydrogen-bond acceptors (Lipinski definition) is 4. The van der Waals surface area contributed by atoms with Gasteiger partial charge in [0.1, 0.15) is 11.5 Å². The van der Waals surface area contributed by atoms with Crippen molar-refractivity contribution < 1.29 is 29.9 Å². The van der Waals surface area contributed by atoms with Gasteiger partial charge in [0.25, 0.3) is 0 Å². The first kappa shape index (κ1) is 18.9. The van der Waals surface area contributed by atoms with Gasteiger partial charge in [-0.3, -0.25) is 0 Å². The molecule has 0 spiro atoms.